The standard InChI is InChI=1S/C12H18N2O/c1-3-11(4-2)14-7-10(8-15)12(13-14)9-5-6-9/h7-9,11H,3-6H2,1-2H3. The van der Waals surface area contributed by atoms with E-state index in [0.29, 0.717) is 12.0 Å². The third-order valence-corrected chi connectivity index (χ3v) is 3.20. The van der Waals surface area contributed by atoms with E-state index in [0.717, 1.165) is 30.4 Å². The number of carbonyl (C=O) groups excluding carboxylic acids is 1. The summed E-state index contributed by atoms with van der Waals surface area (Å²) < 4.78 is 1.98. The van der Waals surface area contributed by atoms with Crippen LogP contribution in [0.25, 0.3) is 0 Å². The second kappa shape index (κ2) is 4.17. The molecule has 3 heteroatoms. The zero-order chi connectivity index (χ0) is 10.8. The summed E-state index contributed by atoms with van der Waals surface area (Å²) in [6, 6.07) is 0.441. The Morgan fingerprint density at radius 1 is 1.53 bits per heavy atom. The molecule has 0 amide bonds. The predicted molar refractivity (Wildman–Crippen MR) is 59.2 cm³/mol. The van der Waals surface area contributed by atoms with Crippen molar-refractivity contribution in [2.45, 2.75) is 51.5 Å². The van der Waals surface area contributed by atoms with E-state index in [9.17, 15) is 4.79 Å². The Labute approximate surface area is 90.5 Å². The van der Waals surface area contributed by atoms with Crippen LogP contribution >= 0.6 is 0 Å². The summed E-state index contributed by atoms with van der Waals surface area (Å²) >= 11 is 0. The van der Waals surface area contributed by atoms with Crippen molar-refractivity contribution in [2.75, 3.05) is 0 Å². The van der Waals surface area contributed by atoms with Gasteiger partial charge >= 0.3 is 0 Å². The fourth-order valence-corrected chi connectivity index (χ4v) is 2.03. The van der Waals surface area contributed by atoms with E-state index in [2.05, 4.69) is 18.9 Å². The highest BCUT2D eigenvalue weighted by atomic mass is 16.1. The lowest BCUT2D eigenvalue weighted by Crippen LogP contribution is -2.07. The lowest BCUT2D eigenvalue weighted by molar-refractivity contribution is 0.112. The molecule has 0 bridgehead atoms. The van der Waals surface area contributed by atoms with Gasteiger partial charge in [-0.05, 0) is 25.7 Å². The first kappa shape index (κ1) is 10.4. The molecule has 0 radical (unpaired) electrons. The van der Waals surface area contributed by atoms with Crippen LogP contribution in [0.5, 0.6) is 0 Å². The van der Waals surface area contributed by atoms with Gasteiger partial charge in [-0.3, -0.25) is 9.48 Å². The lowest BCUT2D eigenvalue weighted by Gasteiger charge is -2.12. The lowest BCUT2D eigenvalue weighted by atomic mass is 10.2. The molecular formula is C12H18N2O. The van der Waals surface area contributed by atoms with Gasteiger partial charge in [0.05, 0.1) is 17.3 Å². The zero-order valence-corrected chi connectivity index (χ0v) is 9.44. The molecule has 0 unspecified atom stereocenters. The maximum atomic E-state index is 10.9. The van der Waals surface area contributed by atoms with Gasteiger partial charge in [0.25, 0.3) is 0 Å². The first-order valence-corrected chi connectivity index (χ1v) is 5.84. The molecule has 1 aliphatic carbocycles. The molecule has 1 heterocycles. The highest BCUT2D eigenvalue weighted by Gasteiger charge is 2.29. The SMILES string of the molecule is CCC(CC)n1cc(C=O)c(C2CC2)n1. The highest BCUT2D eigenvalue weighted by molar-refractivity contribution is 5.76. The summed E-state index contributed by atoms with van der Waals surface area (Å²) in [5.41, 5.74) is 1.82. The minimum absolute atomic E-state index is 0.441. The van der Waals surface area contributed by atoms with Crippen molar-refractivity contribution in [3.05, 3.63) is 17.5 Å². The highest BCUT2D eigenvalue weighted by Crippen LogP contribution is 2.40. The number of hydrogen-bond acceptors (Lipinski definition) is 2. The molecule has 1 saturated carbocycles. The van der Waals surface area contributed by atoms with Crippen LogP contribution < -0.4 is 0 Å². The summed E-state index contributed by atoms with van der Waals surface area (Å²) in [5.74, 6) is 0.556. The van der Waals surface area contributed by atoms with Crippen LogP contribution in [0.1, 0.15) is 67.5 Å². The maximum Gasteiger partial charge on any atom is 0.153 e. The Hall–Kier alpha value is -1.12. The fraction of sp³-hybridized carbons (Fsp3) is 0.667. The van der Waals surface area contributed by atoms with Crippen molar-refractivity contribution < 1.29 is 4.79 Å². The Morgan fingerprint density at radius 3 is 2.67 bits per heavy atom. The van der Waals surface area contributed by atoms with Gasteiger partial charge in [-0.2, -0.15) is 5.10 Å². The third-order valence-electron chi connectivity index (χ3n) is 3.20. The summed E-state index contributed by atoms with van der Waals surface area (Å²) in [6.45, 7) is 4.32. The Balaban J connectivity index is 2.28. The van der Waals surface area contributed by atoms with Gasteiger partial charge < -0.3 is 0 Å². The number of nitrogens with zero attached hydrogens (tertiary/aromatic N) is 2. The molecule has 0 atom stereocenters. The maximum absolute atomic E-state index is 10.9. The minimum Gasteiger partial charge on any atom is -0.298 e. The van der Waals surface area contributed by atoms with Crippen molar-refractivity contribution in [3.8, 4) is 0 Å². The summed E-state index contributed by atoms with van der Waals surface area (Å²) in [6.07, 6.45) is 7.39. The van der Waals surface area contributed by atoms with E-state index in [1.165, 1.54) is 12.8 Å². The van der Waals surface area contributed by atoms with Crippen LogP contribution in [0.3, 0.4) is 0 Å². The van der Waals surface area contributed by atoms with Crippen LogP contribution in [0.4, 0.5) is 0 Å². The fourth-order valence-electron chi connectivity index (χ4n) is 2.03. The molecule has 3 nitrogen and oxygen atoms in total. The molecule has 0 saturated heterocycles. The number of aldehydes is 1. The number of hydrogen-bond donors (Lipinski definition) is 0. The molecule has 2 rings (SSSR count). The molecule has 82 valence electrons. The third kappa shape index (κ3) is 1.96. The van der Waals surface area contributed by atoms with E-state index in [1.807, 2.05) is 10.9 Å². The molecule has 1 fully saturated rings. The largest absolute Gasteiger partial charge is 0.298 e. The molecule has 1 aliphatic rings. The van der Waals surface area contributed by atoms with Crippen molar-refractivity contribution in [3.63, 3.8) is 0 Å². The van der Waals surface area contributed by atoms with Gasteiger partial charge in [0.1, 0.15) is 0 Å². The van der Waals surface area contributed by atoms with Crippen LogP contribution in [0, 0.1) is 0 Å². The van der Waals surface area contributed by atoms with Gasteiger partial charge in [-0.1, -0.05) is 13.8 Å². The van der Waals surface area contributed by atoms with Crippen LogP contribution in [-0.2, 0) is 0 Å². The van der Waals surface area contributed by atoms with Crippen LogP contribution in [-0.4, -0.2) is 16.1 Å². The number of rotatable bonds is 5. The van der Waals surface area contributed by atoms with Crippen LogP contribution in [0.15, 0.2) is 6.20 Å². The van der Waals surface area contributed by atoms with E-state index < -0.39 is 0 Å². The molecule has 0 spiro atoms. The average Bonchev–Trinajstić information content (AvgIpc) is 3.01. The summed E-state index contributed by atoms with van der Waals surface area (Å²) in [4.78, 5) is 10.9. The number of carbonyl (C=O) groups is 1. The smallest absolute Gasteiger partial charge is 0.153 e. The quantitative estimate of drug-likeness (QED) is 0.694. The monoisotopic (exact) mass is 206 g/mol. The second-order valence-electron chi connectivity index (χ2n) is 4.31. The summed E-state index contributed by atoms with van der Waals surface area (Å²) in [5, 5.41) is 4.57. The van der Waals surface area contributed by atoms with Crippen molar-refractivity contribution in [1.82, 2.24) is 9.78 Å². The minimum atomic E-state index is 0.441. The molecule has 15 heavy (non-hydrogen) atoms. The average molecular weight is 206 g/mol. The Morgan fingerprint density at radius 2 is 2.20 bits per heavy atom. The Bertz CT molecular complexity index is 349. The Kier molecular flexibility index (Phi) is 2.89. The van der Waals surface area contributed by atoms with Gasteiger partial charge in [0.15, 0.2) is 6.29 Å². The van der Waals surface area contributed by atoms with E-state index in [4.69, 9.17) is 0 Å². The first-order valence-electron chi connectivity index (χ1n) is 5.84. The molecule has 0 N–H and O–H groups in total. The topological polar surface area (TPSA) is 34.9 Å². The second-order valence-corrected chi connectivity index (χ2v) is 4.31. The molecule has 0 aromatic carbocycles. The van der Waals surface area contributed by atoms with Gasteiger partial charge in [-0.15, -0.1) is 0 Å². The predicted octanol–water partition coefficient (Wildman–Crippen LogP) is 2.93. The molecule has 1 aromatic heterocycles. The summed E-state index contributed by atoms with van der Waals surface area (Å²) in [7, 11) is 0. The molecular weight excluding hydrogens is 188 g/mol. The molecule has 1 aromatic rings. The zero-order valence-electron chi connectivity index (χ0n) is 9.44. The first-order chi connectivity index (χ1) is 7.30. The van der Waals surface area contributed by atoms with Gasteiger partial charge in [0.2, 0.25) is 0 Å². The van der Waals surface area contributed by atoms with E-state index >= 15 is 0 Å². The molecule has 0 aliphatic heterocycles. The van der Waals surface area contributed by atoms with Crippen molar-refractivity contribution in [1.29, 1.82) is 0 Å². The van der Waals surface area contributed by atoms with Gasteiger partial charge in [0, 0.05) is 12.1 Å². The van der Waals surface area contributed by atoms with E-state index in [-0.39, 0.29) is 0 Å². The van der Waals surface area contributed by atoms with Crippen molar-refractivity contribution >= 4 is 6.29 Å². The van der Waals surface area contributed by atoms with E-state index in [1.54, 1.807) is 0 Å². The number of aromatic nitrogens is 2. The van der Waals surface area contributed by atoms with Crippen molar-refractivity contribution in [2.24, 2.45) is 0 Å². The normalized spacial score (nSPS) is 15.9. The van der Waals surface area contributed by atoms with Gasteiger partial charge in [-0.25, -0.2) is 0 Å². The van der Waals surface area contributed by atoms with Crippen LogP contribution in [0.2, 0.25) is 0 Å².